The molecule has 4 rings (SSSR count). The lowest BCUT2D eigenvalue weighted by molar-refractivity contribution is -0.129. The van der Waals surface area contributed by atoms with Gasteiger partial charge >= 0.3 is 11.9 Å². The van der Waals surface area contributed by atoms with Gasteiger partial charge in [-0.15, -0.1) is 0 Å². The van der Waals surface area contributed by atoms with E-state index >= 15 is 0 Å². The number of carbonyl (C=O) groups is 2. The van der Waals surface area contributed by atoms with Crippen LogP contribution < -0.4 is 14.4 Å². The van der Waals surface area contributed by atoms with Crippen molar-refractivity contribution in [2.24, 2.45) is 5.92 Å². The summed E-state index contributed by atoms with van der Waals surface area (Å²) in [6.45, 7) is 11.5. The fraction of sp³-hybridized carbons (Fsp3) is 0.179. The number of benzene rings is 4. The van der Waals surface area contributed by atoms with Crippen LogP contribution in [0.1, 0.15) is 50.7 Å². The van der Waals surface area contributed by atoms with Crippen LogP contribution in [0.2, 0.25) is 0 Å². The van der Waals surface area contributed by atoms with Crippen molar-refractivity contribution < 1.29 is 19.1 Å². The van der Waals surface area contributed by atoms with E-state index in [1.54, 1.807) is 24.3 Å². The normalized spacial score (nSPS) is 11.7. The van der Waals surface area contributed by atoms with Gasteiger partial charge in [0.2, 0.25) is 0 Å². The molecule has 0 saturated carbocycles. The Hall–Kier alpha value is -5.16. The number of anilines is 3. The summed E-state index contributed by atoms with van der Waals surface area (Å²) in [4.78, 5) is 25.6. The van der Waals surface area contributed by atoms with Crippen molar-refractivity contribution >= 4 is 40.6 Å². The molecule has 0 bridgehead atoms. The minimum absolute atomic E-state index is 0.401. The van der Waals surface area contributed by atoms with Crippen LogP contribution in [0.3, 0.4) is 0 Å². The van der Waals surface area contributed by atoms with E-state index in [0.29, 0.717) is 17.4 Å². The summed E-state index contributed by atoms with van der Waals surface area (Å²) in [7, 11) is 0. The van der Waals surface area contributed by atoms with Gasteiger partial charge in [0.15, 0.2) is 0 Å². The highest BCUT2D eigenvalue weighted by molar-refractivity contribution is 5.86. The molecule has 0 N–H and O–H groups in total. The molecule has 4 aromatic carbocycles. The van der Waals surface area contributed by atoms with Crippen LogP contribution >= 0.6 is 0 Å². The van der Waals surface area contributed by atoms with E-state index in [9.17, 15) is 9.59 Å². The Labute approximate surface area is 260 Å². The van der Waals surface area contributed by atoms with Crippen LogP contribution in [0.25, 0.3) is 11.6 Å². The van der Waals surface area contributed by atoms with Gasteiger partial charge in [0.05, 0.1) is 0 Å². The smallest absolute Gasteiger partial charge is 0.335 e. The maximum atomic E-state index is 11.9. The summed E-state index contributed by atoms with van der Waals surface area (Å²) in [6.07, 6.45) is 9.35. The molecule has 0 fully saturated rings. The first-order chi connectivity index (χ1) is 21.4. The molecule has 224 valence electrons. The maximum Gasteiger partial charge on any atom is 0.335 e. The molecule has 0 aliphatic carbocycles. The number of carbonyl (C=O) groups excluding carboxylic acids is 2. The second kappa shape index (κ2) is 15.9. The molecule has 1 atom stereocenters. The van der Waals surface area contributed by atoms with Crippen molar-refractivity contribution in [1.82, 2.24) is 0 Å². The fourth-order valence-electron chi connectivity index (χ4n) is 5.01. The van der Waals surface area contributed by atoms with Gasteiger partial charge in [-0.1, -0.05) is 101 Å². The third-order valence-corrected chi connectivity index (χ3v) is 7.29. The largest absolute Gasteiger partial charge is 0.423 e. The van der Waals surface area contributed by atoms with Crippen LogP contribution in [0, 0.1) is 5.92 Å². The molecule has 4 aromatic rings. The Morgan fingerprint density at radius 3 is 1.95 bits per heavy atom. The predicted molar refractivity (Wildman–Crippen MR) is 180 cm³/mol. The molecule has 0 radical (unpaired) electrons. The fourth-order valence-corrected chi connectivity index (χ4v) is 5.01. The van der Waals surface area contributed by atoms with E-state index in [4.69, 9.17) is 9.47 Å². The minimum atomic E-state index is -0.531. The maximum absolute atomic E-state index is 11.9. The van der Waals surface area contributed by atoms with Gasteiger partial charge < -0.3 is 14.4 Å². The number of esters is 2. The average molecular weight is 586 g/mol. The molecule has 44 heavy (non-hydrogen) atoms. The Bertz CT molecular complexity index is 1590. The van der Waals surface area contributed by atoms with Crippen LogP contribution in [-0.4, -0.2) is 11.9 Å². The summed E-state index contributed by atoms with van der Waals surface area (Å²) in [5.74, 6) is 0.183. The van der Waals surface area contributed by atoms with Crippen molar-refractivity contribution in [3.05, 3.63) is 140 Å². The lowest BCUT2D eigenvalue weighted by atomic mass is 9.88. The Morgan fingerprint density at radius 1 is 0.727 bits per heavy atom. The molecule has 0 spiro atoms. The summed E-state index contributed by atoms with van der Waals surface area (Å²) in [5.41, 5.74) is 6.19. The summed E-state index contributed by atoms with van der Waals surface area (Å²) >= 11 is 0. The predicted octanol–water partition coefficient (Wildman–Crippen LogP) is 10.1. The number of unbranched alkanes of at least 4 members (excludes halogenated alkanes) is 2. The highest BCUT2D eigenvalue weighted by Crippen LogP contribution is 2.37. The SMILES string of the molecule is C=CC(=O)Oc1ccc(N(c2ccc(/C=C(\c3ccccc3)C(C)CCCCC)cc2)c2cccc(OC(=O)C=C)c2)cc1. The van der Waals surface area contributed by atoms with Gasteiger partial charge in [-0.2, -0.15) is 0 Å². The number of nitrogens with zero attached hydrogens (tertiary/aromatic N) is 1. The third kappa shape index (κ3) is 8.68. The van der Waals surface area contributed by atoms with Crippen LogP contribution in [0.5, 0.6) is 11.5 Å². The van der Waals surface area contributed by atoms with Crippen LogP contribution in [-0.2, 0) is 9.59 Å². The quantitative estimate of drug-likeness (QED) is 0.0484. The van der Waals surface area contributed by atoms with Crippen molar-refractivity contribution in [3.63, 3.8) is 0 Å². The van der Waals surface area contributed by atoms with E-state index in [1.807, 2.05) is 29.2 Å². The molecule has 0 aliphatic heterocycles. The molecule has 1 unspecified atom stereocenters. The van der Waals surface area contributed by atoms with Gasteiger partial charge in [0, 0.05) is 35.3 Å². The first-order valence-electron chi connectivity index (χ1n) is 15.0. The molecule has 0 aromatic heterocycles. The van der Waals surface area contributed by atoms with E-state index in [2.05, 4.69) is 87.7 Å². The van der Waals surface area contributed by atoms with E-state index in [0.717, 1.165) is 41.2 Å². The number of hydrogen-bond donors (Lipinski definition) is 0. The standard InChI is InChI=1S/C39H39NO4/c1-5-8-10-14-29(4)37(31-15-11-9-12-16-31)27-30-19-21-32(22-20-30)40(33-23-25-35(26-24-33)43-38(41)6-2)34-17-13-18-36(28-34)44-39(42)7-3/h6-7,9,11-13,15-29H,2-3,5,8,10,14H2,1,4H3/b37-27-. The van der Waals surface area contributed by atoms with Crippen LogP contribution in [0.4, 0.5) is 17.1 Å². The lowest BCUT2D eigenvalue weighted by Crippen LogP contribution is -2.11. The molecule has 5 nitrogen and oxygen atoms in total. The summed E-state index contributed by atoms with van der Waals surface area (Å²) in [6, 6.07) is 33.5. The number of rotatable bonds is 14. The molecular weight excluding hydrogens is 546 g/mol. The van der Waals surface area contributed by atoms with Crippen molar-refractivity contribution in [3.8, 4) is 11.5 Å². The lowest BCUT2D eigenvalue weighted by Gasteiger charge is -2.26. The van der Waals surface area contributed by atoms with Crippen molar-refractivity contribution in [2.45, 2.75) is 39.5 Å². The zero-order chi connectivity index (χ0) is 31.3. The zero-order valence-corrected chi connectivity index (χ0v) is 25.4. The molecule has 0 saturated heterocycles. The molecule has 0 heterocycles. The van der Waals surface area contributed by atoms with Gasteiger partial charge in [0.25, 0.3) is 0 Å². The average Bonchev–Trinajstić information content (AvgIpc) is 3.05. The van der Waals surface area contributed by atoms with Gasteiger partial charge in [-0.05, 0) is 77.6 Å². The monoisotopic (exact) mass is 585 g/mol. The van der Waals surface area contributed by atoms with E-state index < -0.39 is 11.9 Å². The Kier molecular flexibility index (Phi) is 11.5. The summed E-state index contributed by atoms with van der Waals surface area (Å²) < 4.78 is 10.7. The zero-order valence-electron chi connectivity index (χ0n) is 25.4. The van der Waals surface area contributed by atoms with E-state index in [-0.39, 0.29) is 0 Å². The van der Waals surface area contributed by atoms with Gasteiger partial charge in [0.1, 0.15) is 11.5 Å². The highest BCUT2D eigenvalue weighted by Gasteiger charge is 2.16. The molecule has 5 heteroatoms. The van der Waals surface area contributed by atoms with Crippen LogP contribution in [0.15, 0.2) is 128 Å². The van der Waals surface area contributed by atoms with E-state index in [1.165, 1.54) is 30.4 Å². The highest BCUT2D eigenvalue weighted by atomic mass is 16.5. The number of hydrogen-bond acceptors (Lipinski definition) is 5. The second-order valence-electron chi connectivity index (χ2n) is 10.5. The molecule has 0 amide bonds. The topological polar surface area (TPSA) is 55.8 Å². The van der Waals surface area contributed by atoms with Gasteiger partial charge in [-0.3, -0.25) is 0 Å². The second-order valence-corrected chi connectivity index (χ2v) is 10.5. The van der Waals surface area contributed by atoms with Crippen molar-refractivity contribution in [1.29, 1.82) is 0 Å². The first-order valence-corrected chi connectivity index (χ1v) is 15.0. The first kappa shape index (κ1) is 31.8. The number of ether oxygens (including phenoxy) is 2. The third-order valence-electron chi connectivity index (χ3n) is 7.29. The number of allylic oxidation sites excluding steroid dienone is 1. The Balaban J connectivity index is 1.71. The van der Waals surface area contributed by atoms with Gasteiger partial charge in [-0.25, -0.2) is 9.59 Å². The Morgan fingerprint density at radius 2 is 1.34 bits per heavy atom. The molecule has 0 aliphatic rings. The minimum Gasteiger partial charge on any atom is -0.423 e. The summed E-state index contributed by atoms with van der Waals surface area (Å²) in [5, 5.41) is 0. The van der Waals surface area contributed by atoms with Crippen molar-refractivity contribution in [2.75, 3.05) is 4.90 Å². The molecular formula is C39H39NO4.